The lowest BCUT2D eigenvalue weighted by Gasteiger charge is -2.02. The fraction of sp³-hybridized carbons (Fsp3) is 0.333. The Hall–Kier alpha value is -1.48. The van der Waals surface area contributed by atoms with Crippen LogP contribution in [0, 0.1) is 0 Å². The van der Waals surface area contributed by atoms with Gasteiger partial charge in [0.2, 0.25) is 0 Å². The lowest BCUT2D eigenvalue weighted by Crippen LogP contribution is -1.95. The van der Waals surface area contributed by atoms with E-state index >= 15 is 0 Å². The third-order valence-electron chi connectivity index (χ3n) is 3.35. The summed E-state index contributed by atoms with van der Waals surface area (Å²) in [6, 6.07) is 6.63. The number of hydrogen-bond acceptors (Lipinski definition) is 3. The molecule has 0 atom stereocenters. The minimum atomic E-state index is 0.171. The summed E-state index contributed by atoms with van der Waals surface area (Å²) in [4.78, 5) is 15.6. The number of Topliss-reactive ketones (excluding diaryl/α,β-unsaturated/α-hetero) is 1. The minimum Gasteiger partial charge on any atom is -0.300 e. The van der Waals surface area contributed by atoms with Crippen LogP contribution in [-0.4, -0.2) is 10.8 Å². The predicted octanol–water partition coefficient (Wildman–Crippen LogP) is 3.43. The molecular weight excluding hydrogens is 242 g/mol. The summed E-state index contributed by atoms with van der Waals surface area (Å²) < 4.78 is 0. The Balaban J connectivity index is 1.90. The van der Waals surface area contributed by atoms with Gasteiger partial charge in [-0.3, -0.25) is 4.79 Å². The molecule has 1 aromatic carbocycles. The number of aryl methyl sites for hydroxylation is 2. The van der Waals surface area contributed by atoms with Gasteiger partial charge in [0.25, 0.3) is 0 Å². The van der Waals surface area contributed by atoms with E-state index in [4.69, 9.17) is 0 Å². The van der Waals surface area contributed by atoms with Gasteiger partial charge >= 0.3 is 0 Å². The zero-order chi connectivity index (χ0) is 12.5. The van der Waals surface area contributed by atoms with E-state index in [1.165, 1.54) is 36.0 Å². The number of fused-ring (bicyclic) bond motifs is 1. The van der Waals surface area contributed by atoms with E-state index in [2.05, 4.69) is 28.6 Å². The van der Waals surface area contributed by atoms with Gasteiger partial charge in [-0.1, -0.05) is 12.1 Å². The molecule has 3 heteroatoms. The molecule has 92 valence electrons. The zero-order valence-corrected chi connectivity index (χ0v) is 11.2. The Morgan fingerprint density at radius 2 is 2.17 bits per heavy atom. The molecule has 0 spiro atoms. The van der Waals surface area contributed by atoms with E-state index in [1.807, 2.05) is 0 Å². The molecule has 0 fully saturated rings. The van der Waals surface area contributed by atoms with Crippen LogP contribution in [0.3, 0.4) is 0 Å². The number of hydrogen-bond donors (Lipinski definition) is 0. The Labute approximate surface area is 111 Å². The maximum Gasteiger partial charge on any atom is 0.136 e. The summed E-state index contributed by atoms with van der Waals surface area (Å²) in [7, 11) is 0. The molecule has 0 saturated carbocycles. The quantitative estimate of drug-likeness (QED) is 0.843. The molecule has 2 nitrogen and oxygen atoms in total. The first kappa shape index (κ1) is 11.6. The number of carbonyl (C=O) groups is 1. The molecule has 0 N–H and O–H groups in total. The van der Waals surface area contributed by atoms with Crippen LogP contribution in [-0.2, 0) is 24.1 Å². The summed E-state index contributed by atoms with van der Waals surface area (Å²) in [6.07, 6.45) is 4.12. The summed E-state index contributed by atoms with van der Waals surface area (Å²) in [6.45, 7) is 1.61. The number of ketones is 1. The topological polar surface area (TPSA) is 30.0 Å². The normalized spacial score (nSPS) is 13.6. The molecule has 2 aromatic rings. The highest BCUT2D eigenvalue weighted by molar-refractivity contribution is 7.10. The van der Waals surface area contributed by atoms with Gasteiger partial charge in [0.15, 0.2) is 0 Å². The summed E-state index contributed by atoms with van der Waals surface area (Å²) in [5, 5.41) is 2.97. The second-order valence-electron chi connectivity index (χ2n) is 4.84. The highest BCUT2D eigenvalue weighted by Crippen LogP contribution is 2.28. The van der Waals surface area contributed by atoms with Crippen molar-refractivity contribution in [1.82, 2.24) is 4.98 Å². The largest absolute Gasteiger partial charge is 0.300 e. The molecule has 0 amide bonds. The highest BCUT2D eigenvalue weighted by atomic mass is 32.1. The van der Waals surface area contributed by atoms with E-state index in [-0.39, 0.29) is 5.78 Å². The van der Waals surface area contributed by atoms with Crippen LogP contribution in [0.2, 0.25) is 0 Å². The van der Waals surface area contributed by atoms with E-state index in [0.29, 0.717) is 6.42 Å². The van der Waals surface area contributed by atoms with Crippen LogP contribution in [0.4, 0.5) is 0 Å². The summed E-state index contributed by atoms with van der Waals surface area (Å²) in [5.74, 6) is 0.171. The van der Waals surface area contributed by atoms with Gasteiger partial charge in [-0.15, -0.1) is 11.3 Å². The van der Waals surface area contributed by atoms with Crippen molar-refractivity contribution in [1.29, 1.82) is 0 Å². The average molecular weight is 257 g/mol. The number of aromatic nitrogens is 1. The van der Waals surface area contributed by atoms with E-state index in [0.717, 1.165) is 10.7 Å². The van der Waals surface area contributed by atoms with Crippen molar-refractivity contribution >= 4 is 17.1 Å². The molecule has 18 heavy (non-hydrogen) atoms. The van der Waals surface area contributed by atoms with Crippen LogP contribution in [0.15, 0.2) is 23.6 Å². The maximum atomic E-state index is 11.1. The molecule has 0 bridgehead atoms. The fourth-order valence-corrected chi connectivity index (χ4v) is 3.34. The van der Waals surface area contributed by atoms with Gasteiger partial charge in [-0.25, -0.2) is 4.98 Å². The number of nitrogens with zero attached hydrogens (tertiary/aromatic N) is 1. The second kappa shape index (κ2) is 4.65. The predicted molar refractivity (Wildman–Crippen MR) is 74.0 cm³/mol. The number of thiazole rings is 1. The first-order chi connectivity index (χ1) is 8.72. The second-order valence-corrected chi connectivity index (χ2v) is 5.78. The molecule has 1 aromatic heterocycles. The van der Waals surface area contributed by atoms with Crippen LogP contribution >= 0.6 is 11.3 Å². The van der Waals surface area contributed by atoms with Crippen molar-refractivity contribution in [2.24, 2.45) is 0 Å². The Bertz CT molecular complexity index is 600. The van der Waals surface area contributed by atoms with Gasteiger partial charge in [0.1, 0.15) is 10.8 Å². The van der Waals surface area contributed by atoms with Gasteiger partial charge in [-0.2, -0.15) is 0 Å². The molecule has 1 aliphatic carbocycles. The highest BCUT2D eigenvalue weighted by Gasteiger charge is 2.13. The SMILES string of the molecule is CC(=O)Cc1nc(-c2ccc3c(c2)CCC3)cs1. The first-order valence-electron chi connectivity index (χ1n) is 6.28. The van der Waals surface area contributed by atoms with Crippen LogP contribution in [0.1, 0.15) is 29.5 Å². The van der Waals surface area contributed by atoms with Crippen LogP contribution in [0.25, 0.3) is 11.3 Å². The smallest absolute Gasteiger partial charge is 0.136 e. The van der Waals surface area contributed by atoms with Gasteiger partial charge in [-0.05, 0) is 43.4 Å². The van der Waals surface area contributed by atoms with Crippen molar-refractivity contribution in [3.8, 4) is 11.3 Å². The summed E-state index contributed by atoms with van der Waals surface area (Å²) in [5.41, 5.74) is 5.14. The fourth-order valence-electron chi connectivity index (χ4n) is 2.47. The summed E-state index contributed by atoms with van der Waals surface area (Å²) >= 11 is 1.57. The van der Waals surface area contributed by atoms with Gasteiger partial charge in [0.05, 0.1) is 12.1 Å². The molecule has 0 aliphatic heterocycles. The Kier molecular flexibility index (Phi) is 3.00. The number of rotatable bonds is 3. The molecule has 0 radical (unpaired) electrons. The zero-order valence-electron chi connectivity index (χ0n) is 10.4. The minimum absolute atomic E-state index is 0.171. The van der Waals surface area contributed by atoms with Crippen LogP contribution in [0.5, 0.6) is 0 Å². The lowest BCUT2D eigenvalue weighted by molar-refractivity contribution is -0.116. The number of benzene rings is 1. The van der Waals surface area contributed by atoms with E-state index < -0.39 is 0 Å². The molecule has 0 saturated heterocycles. The van der Waals surface area contributed by atoms with Crippen molar-refractivity contribution < 1.29 is 4.79 Å². The molecule has 0 unspecified atom stereocenters. The van der Waals surface area contributed by atoms with Crippen molar-refractivity contribution in [3.05, 3.63) is 39.7 Å². The first-order valence-corrected chi connectivity index (χ1v) is 7.16. The average Bonchev–Trinajstić information content (AvgIpc) is 2.95. The van der Waals surface area contributed by atoms with Gasteiger partial charge in [0, 0.05) is 10.9 Å². The number of carbonyl (C=O) groups excluding carboxylic acids is 1. The third-order valence-corrected chi connectivity index (χ3v) is 4.19. The molecular formula is C15H15NOS. The lowest BCUT2D eigenvalue weighted by atomic mass is 10.1. The third kappa shape index (κ3) is 2.23. The Morgan fingerprint density at radius 1 is 1.33 bits per heavy atom. The van der Waals surface area contributed by atoms with E-state index in [9.17, 15) is 4.79 Å². The molecule has 3 rings (SSSR count). The molecule has 1 heterocycles. The van der Waals surface area contributed by atoms with Crippen LogP contribution < -0.4 is 0 Å². The van der Waals surface area contributed by atoms with Crippen molar-refractivity contribution in [2.45, 2.75) is 32.6 Å². The van der Waals surface area contributed by atoms with E-state index in [1.54, 1.807) is 18.3 Å². The maximum absolute atomic E-state index is 11.1. The van der Waals surface area contributed by atoms with Crippen molar-refractivity contribution in [2.75, 3.05) is 0 Å². The van der Waals surface area contributed by atoms with Gasteiger partial charge < -0.3 is 0 Å². The Morgan fingerprint density at radius 3 is 3.00 bits per heavy atom. The molecule has 1 aliphatic rings. The van der Waals surface area contributed by atoms with Crippen molar-refractivity contribution in [3.63, 3.8) is 0 Å². The monoisotopic (exact) mass is 257 g/mol. The standard InChI is InChI=1S/C15H15NOS/c1-10(17)7-15-16-14(9-18-15)13-6-5-11-3-2-4-12(11)8-13/h5-6,8-9H,2-4,7H2,1H3.